The fourth-order valence-electron chi connectivity index (χ4n) is 4.02. The molecule has 6 nitrogen and oxygen atoms in total. The Morgan fingerprint density at radius 2 is 2.00 bits per heavy atom. The number of H-pyrrole nitrogens is 1. The minimum atomic E-state index is -0.530. The van der Waals surface area contributed by atoms with Crippen molar-refractivity contribution in [2.75, 3.05) is 13.7 Å². The lowest BCUT2D eigenvalue weighted by molar-refractivity contribution is 0.0198. The molecule has 1 aliphatic heterocycles. The third-order valence-electron chi connectivity index (χ3n) is 5.54. The van der Waals surface area contributed by atoms with Gasteiger partial charge in [-0.05, 0) is 75.6 Å². The van der Waals surface area contributed by atoms with Crippen molar-refractivity contribution < 1.29 is 18.7 Å². The Kier molecular flexibility index (Phi) is 5.67. The molecule has 7 heteroatoms. The van der Waals surface area contributed by atoms with Gasteiger partial charge >= 0.3 is 6.09 Å². The molecule has 0 aliphatic carbocycles. The van der Waals surface area contributed by atoms with E-state index in [0.29, 0.717) is 29.9 Å². The molecule has 1 amide bonds. The molecular weight excluding hydrogens is 409 g/mol. The molecule has 1 aliphatic rings. The average molecular weight is 438 g/mol. The zero-order chi connectivity index (χ0) is 23.0. The number of nitrogens with one attached hydrogen (secondary N) is 1. The summed E-state index contributed by atoms with van der Waals surface area (Å²) in [7, 11) is 1.57. The van der Waals surface area contributed by atoms with Gasteiger partial charge in [0, 0.05) is 35.4 Å². The van der Waals surface area contributed by atoms with Crippen molar-refractivity contribution >= 4 is 22.7 Å². The summed E-state index contributed by atoms with van der Waals surface area (Å²) in [6.45, 7) is 8.08. The van der Waals surface area contributed by atoms with Gasteiger partial charge in [-0.25, -0.2) is 14.2 Å². The summed E-state index contributed by atoms with van der Waals surface area (Å²) in [6, 6.07) is 8.37. The summed E-state index contributed by atoms with van der Waals surface area (Å²) >= 11 is 0. The lowest BCUT2D eigenvalue weighted by Gasteiger charge is -2.34. The van der Waals surface area contributed by atoms with Gasteiger partial charge in [0.05, 0.1) is 7.11 Å². The third kappa shape index (κ3) is 4.33. The van der Waals surface area contributed by atoms with E-state index in [1.54, 1.807) is 24.3 Å². The SMILES string of the molecule is COc1ccc(F)cc1-c1ccnc2[nH]c(C3=CCN(C(=O)OC(C)(C)C)[C@H](C)C3)cc12. The number of aromatic amines is 1. The number of pyridine rings is 1. The predicted molar refractivity (Wildman–Crippen MR) is 123 cm³/mol. The van der Waals surface area contributed by atoms with E-state index in [-0.39, 0.29) is 18.0 Å². The number of carbonyl (C=O) groups excluding carboxylic acids is 1. The number of fused-ring (bicyclic) bond motifs is 1. The fraction of sp³-hybridized carbons (Fsp3) is 0.360. The zero-order valence-electron chi connectivity index (χ0n) is 19.0. The summed E-state index contributed by atoms with van der Waals surface area (Å²) in [5.74, 6) is 0.271. The van der Waals surface area contributed by atoms with Crippen molar-refractivity contribution in [3.8, 4) is 16.9 Å². The molecule has 0 radical (unpaired) electrons. The quantitative estimate of drug-likeness (QED) is 0.563. The molecule has 0 saturated carbocycles. The first-order valence-corrected chi connectivity index (χ1v) is 10.7. The molecule has 0 unspecified atom stereocenters. The topological polar surface area (TPSA) is 67.5 Å². The second-order valence-electron chi connectivity index (χ2n) is 9.06. The van der Waals surface area contributed by atoms with Crippen molar-refractivity contribution in [3.05, 3.63) is 54.1 Å². The molecule has 2 aromatic heterocycles. The summed E-state index contributed by atoms with van der Waals surface area (Å²) in [5, 5.41) is 0.884. The number of methoxy groups -OCH3 is 1. The average Bonchev–Trinajstić information content (AvgIpc) is 3.16. The van der Waals surface area contributed by atoms with Crippen molar-refractivity contribution in [2.45, 2.75) is 45.8 Å². The highest BCUT2D eigenvalue weighted by atomic mass is 19.1. The first kappa shape index (κ1) is 21.9. The van der Waals surface area contributed by atoms with Gasteiger partial charge in [-0.15, -0.1) is 0 Å². The standard InChI is InChI=1S/C25H28FN3O3/c1-15-12-16(9-11-29(15)24(30)32-25(2,3)4)21-14-20-18(8-10-27-23(20)28-21)19-13-17(26)6-7-22(19)31-5/h6-10,13-15H,11-12H2,1-5H3,(H,27,28)/t15-/m1/s1. The van der Waals surface area contributed by atoms with Gasteiger partial charge in [0.1, 0.15) is 22.8 Å². The highest BCUT2D eigenvalue weighted by Crippen LogP contribution is 2.37. The van der Waals surface area contributed by atoms with Crippen LogP contribution in [0.4, 0.5) is 9.18 Å². The maximum atomic E-state index is 14.0. The minimum Gasteiger partial charge on any atom is -0.496 e. The number of amides is 1. The molecule has 0 fully saturated rings. The maximum Gasteiger partial charge on any atom is 0.410 e. The number of nitrogens with zero attached hydrogens (tertiary/aromatic N) is 2. The Morgan fingerprint density at radius 3 is 2.69 bits per heavy atom. The normalized spacial score (nSPS) is 16.8. The van der Waals surface area contributed by atoms with E-state index in [1.807, 2.05) is 45.9 Å². The molecule has 3 aromatic rings. The molecule has 1 atom stereocenters. The van der Waals surface area contributed by atoms with E-state index in [4.69, 9.17) is 9.47 Å². The zero-order valence-corrected chi connectivity index (χ0v) is 19.0. The van der Waals surface area contributed by atoms with Crippen LogP contribution in [0.3, 0.4) is 0 Å². The van der Waals surface area contributed by atoms with E-state index in [1.165, 1.54) is 12.1 Å². The smallest absolute Gasteiger partial charge is 0.410 e. The van der Waals surface area contributed by atoms with Crippen LogP contribution in [0.15, 0.2) is 42.6 Å². The Morgan fingerprint density at radius 1 is 1.22 bits per heavy atom. The van der Waals surface area contributed by atoms with Crippen molar-refractivity contribution in [1.82, 2.24) is 14.9 Å². The van der Waals surface area contributed by atoms with Gasteiger partial charge in [-0.1, -0.05) is 6.08 Å². The number of carbonyl (C=O) groups is 1. The van der Waals surface area contributed by atoms with Gasteiger partial charge in [0.25, 0.3) is 0 Å². The van der Waals surface area contributed by atoms with Crippen LogP contribution < -0.4 is 4.74 Å². The molecule has 0 saturated heterocycles. The van der Waals surface area contributed by atoms with Crippen LogP contribution in [0.5, 0.6) is 5.75 Å². The monoisotopic (exact) mass is 437 g/mol. The van der Waals surface area contributed by atoms with Crippen LogP contribution in [0.25, 0.3) is 27.7 Å². The first-order chi connectivity index (χ1) is 15.2. The van der Waals surface area contributed by atoms with Gasteiger partial charge in [-0.3, -0.25) is 0 Å². The number of ether oxygens (including phenoxy) is 2. The van der Waals surface area contributed by atoms with Crippen LogP contribution >= 0.6 is 0 Å². The first-order valence-electron chi connectivity index (χ1n) is 10.7. The van der Waals surface area contributed by atoms with Crippen LogP contribution in [0, 0.1) is 5.82 Å². The van der Waals surface area contributed by atoms with E-state index < -0.39 is 5.60 Å². The highest BCUT2D eigenvalue weighted by Gasteiger charge is 2.29. The van der Waals surface area contributed by atoms with E-state index in [0.717, 1.165) is 22.2 Å². The number of benzene rings is 1. The molecule has 168 valence electrons. The number of hydrogen-bond donors (Lipinski definition) is 1. The molecule has 0 bridgehead atoms. The molecule has 32 heavy (non-hydrogen) atoms. The van der Waals surface area contributed by atoms with Crippen molar-refractivity contribution in [2.24, 2.45) is 0 Å². The largest absolute Gasteiger partial charge is 0.496 e. The summed E-state index contributed by atoms with van der Waals surface area (Å²) in [5.41, 5.74) is 3.74. The van der Waals surface area contributed by atoms with E-state index >= 15 is 0 Å². The van der Waals surface area contributed by atoms with Gasteiger partial charge < -0.3 is 19.4 Å². The van der Waals surface area contributed by atoms with Crippen LogP contribution in [0.1, 0.15) is 39.8 Å². The lowest BCUT2D eigenvalue weighted by Crippen LogP contribution is -2.44. The molecule has 1 aromatic carbocycles. The number of aromatic nitrogens is 2. The summed E-state index contributed by atoms with van der Waals surface area (Å²) in [4.78, 5) is 22.1. The lowest BCUT2D eigenvalue weighted by atomic mass is 9.98. The van der Waals surface area contributed by atoms with Crippen molar-refractivity contribution in [1.29, 1.82) is 0 Å². The second-order valence-corrected chi connectivity index (χ2v) is 9.06. The minimum absolute atomic E-state index is 0.00740. The Bertz CT molecular complexity index is 1190. The number of halogens is 1. The fourth-order valence-corrected chi connectivity index (χ4v) is 4.02. The molecule has 1 N–H and O–H groups in total. The number of rotatable bonds is 3. The maximum absolute atomic E-state index is 14.0. The Labute approximate surface area is 187 Å². The highest BCUT2D eigenvalue weighted by molar-refractivity contribution is 5.96. The summed E-state index contributed by atoms with van der Waals surface area (Å²) in [6.07, 6.45) is 4.12. The third-order valence-corrected chi connectivity index (χ3v) is 5.54. The van der Waals surface area contributed by atoms with Crippen molar-refractivity contribution in [3.63, 3.8) is 0 Å². The van der Waals surface area contributed by atoms with Crippen LogP contribution in [-0.4, -0.2) is 46.3 Å². The van der Waals surface area contributed by atoms with E-state index in [2.05, 4.69) is 9.97 Å². The van der Waals surface area contributed by atoms with Gasteiger partial charge in [0.2, 0.25) is 0 Å². The van der Waals surface area contributed by atoms with Gasteiger partial charge in [-0.2, -0.15) is 0 Å². The molecular formula is C25H28FN3O3. The van der Waals surface area contributed by atoms with Crippen LogP contribution in [-0.2, 0) is 4.74 Å². The summed E-state index contributed by atoms with van der Waals surface area (Å²) < 4.78 is 25.0. The molecule has 4 rings (SSSR count). The Balaban J connectivity index is 1.67. The second kappa shape index (κ2) is 8.30. The Hall–Kier alpha value is -3.35. The van der Waals surface area contributed by atoms with Gasteiger partial charge in [0.15, 0.2) is 0 Å². The predicted octanol–water partition coefficient (Wildman–Crippen LogP) is 5.79. The van der Waals surface area contributed by atoms with E-state index in [9.17, 15) is 9.18 Å². The van der Waals surface area contributed by atoms with Crippen LogP contribution in [0.2, 0.25) is 0 Å². The molecule has 0 spiro atoms. The molecule has 3 heterocycles. The number of hydrogen-bond acceptors (Lipinski definition) is 4.